The van der Waals surface area contributed by atoms with Crippen molar-refractivity contribution >= 4 is 0 Å². The maximum Gasteiger partial charge on any atom is 0.269 e. The predicted molar refractivity (Wildman–Crippen MR) is 84.3 cm³/mol. The lowest BCUT2D eigenvalue weighted by molar-refractivity contribution is 0.328. The Morgan fingerprint density at radius 2 is 2.35 bits per heavy atom. The van der Waals surface area contributed by atoms with Crippen molar-refractivity contribution in [2.24, 2.45) is 0 Å². The van der Waals surface area contributed by atoms with E-state index in [0.29, 0.717) is 23.9 Å². The van der Waals surface area contributed by atoms with Crippen molar-refractivity contribution in [1.29, 1.82) is 0 Å². The number of methoxy groups -OCH3 is 1. The van der Waals surface area contributed by atoms with Crippen LogP contribution in [0.25, 0.3) is 5.95 Å². The Balaban J connectivity index is 2.00. The fraction of sp³-hybridized carbons (Fsp3) is 0.312. The quantitative estimate of drug-likeness (QED) is 0.796. The van der Waals surface area contributed by atoms with Crippen molar-refractivity contribution in [3.63, 3.8) is 0 Å². The van der Waals surface area contributed by atoms with Crippen LogP contribution in [0.4, 0.5) is 4.39 Å². The van der Waals surface area contributed by atoms with Gasteiger partial charge < -0.3 is 4.74 Å². The molecule has 0 aliphatic carbocycles. The molecule has 0 radical (unpaired) electrons. The first kappa shape index (κ1) is 15.2. The second-order valence-electron chi connectivity index (χ2n) is 5.16. The first-order valence-electron chi connectivity index (χ1n) is 7.32. The van der Waals surface area contributed by atoms with E-state index in [4.69, 9.17) is 4.74 Å². The average molecular weight is 315 g/mol. The van der Waals surface area contributed by atoms with E-state index in [2.05, 4.69) is 21.8 Å². The van der Waals surface area contributed by atoms with E-state index in [9.17, 15) is 4.39 Å². The molecule has 7 heteroatoms. The van der Waals surface area contributed by atoms with Crippen LogP contribution >= 0.6 is 0 Å². The molecule has 0 fully saturated rings. The molecule has 2 aromatic heterocycles. The normalized spacial score (nSPS) is 20.9. The molecule has 0 spiro atoms. The Hall–Kier alpha value is -2.70. The minimum Gasteiger partial charge on any atom is -0.493 e. The van der Waals surface area contributed by atoms with E-state index in [1.54, 1.807) is 30.3 Å². The molecule has 2 unspecified atom stereocenters. The summed E-state index contributed by atoms with van der Waals surface area (Å²) < 4.78 is 22.5. The highest BCUT2D eigenvalue weighted by atomic mass is 19.1. The van der Waals surface area contributed by atoms with Gasteiger partial charge in [-0.1, -0.05) is 30.9 Å². The van der Waals surface area contributed by atoms with E-state index in [1.807, 2.05) is 25.2 Å². The van der Waals surface area contributed by atoms with E-state index < -0.39 is 6.17 Å². The van der Waals surface area contributed by atoms with Crippen LogP contribution in [0.3, 0.4) is 0 Å². The minimum atomic E-state index is -1.16. The maximum atomic E-state index is 14.4. The number of nitrogens with zero attached hydrogens (tertiary/aromatic N) is 5. The minimum absolute atomic E-state index is 0.201. The summed E-state index contributed by atoms with van der Waals surface area (Å²) in [6, 6.07) is -0.201. The average Bonchev–Trinajstić information content (AvgIpc) is 3.23. The number of fused-ring (bicyclic) bond motifs is 1. The number of ether oxygens (including phenoxy) is 1. The SMILES string of the molecule is C=C/C=C(\C=C/C)C1CC(F)c2nc(-n3cc(OC)cn3)nn21. The molecular formula is C16H18FN5O. The Kier molecular flexibility index (Phi) is 4.10. The molecule has 2 atom stereocenters. The maximum absolute atomic E-state index is 14.4. The highest BCUT2D eigenvalue weighted by molar-refractivity contribution is 5.31. The fourth-order valence-electron chi connectivity index (χ4n) is 2.67. The van der Waals surface area contributed by atoms with Gasteiger partial charge in [-0.05, 0) is 12.5 Å². The summed E-state index contributed by atoms with van der Waals surface area (Å²) in [5.74, 6) is 1.24. The summed E-state index contributed by atoms with van der Waals surface area (Å²) in [7, 11) is 1.55. The van der Waals surface area contributed by atoms with Gasteiger partial charge in [-0.2, -0.15) is 10.1 Å². The van der Waals surface area contributed by atoms with Crippen LogP contribution in [0, 0.1) is 0 Å². The van der Waals surface area contributed by atoms with E-state index in [1.165, 1.54) is 4.68 Å². The third-order valence-corrected chi connectivity index (χ3v) is 3.71. The van der Waals surface area contributed by atoms with Crippen LogP contribution in [-0.4, -0.2) is 31.7 Å². The van der Waals surface area contributed by atoms with Gasteiger partial charge in [-0.15, -0.1) is 5.10 Å². The molecule has 0 saturated carbocycles. The molecule has 3 heterocycles. The van der Waals surface area contributed by atoms with Crippen LogP contribution in [-0.2, 0) is 0 Å². The Bertz CT molecular complexity index is 773. The molecule has 1 aliphatic heterocycles. The summed E-state index contributed by atoms with van der Waals surface area (Å²) in [6.07, 6.45) is 9.78. The highest BCUT2D eigenvalue weighted by Gasteiger charge is 2.36. The topological polar surface area (TPSA) is 57.8 Å². The molecule has 120 valence electrons. The number of hydrogen-bond donors (Lipinski definition) is 0. The Labute approximate surface area is 133 Å². The Morgan fingerprint density at radius 3 is 3.00 bits per heavy atom. The van der Waals surface area contributed by atoms with Gasteiger partial charge in [0.1, 0.15) is 0 Å². The van der Waals surface area contributed by atoms with Gasteiger partial charge in [0.05, 0.1) is 25.5 Å². The summed E-state index contributed by atoms with van der Waals surface area (Å²) in [6.45, 7) is 5.64. The number of alkyl halides is 1. The molecule has 0 N–H and O–H groups in total. The smallest absolute Gasteiger partial charge is 0.269 e. The van der Waals surface area contributed by atoms with Crippen molar-refractivity contribution in [2.45, 2.75) is 25.6 Å². The zero-order valence-electron chi connectivity index (χ0n) is 13.1. The lowest BCUT2D eigenvalue weighted by atomic mass is 10.0. The summed E-state index contributed by atoms with van der Waals surface area (Å²) in [5, 5.41) is 8.55. The van der Waals surface area contributed by atoms with Crippen LogP contribution in [0.15, 0.2) is 48.8 Å². The van der Waals surface area contributed by atoms with Crippen LogP contribution < -0.4 is 4.74 Å². The predicted octanol–water partition coefficient (Wildman–Crippen LogP) is 3.12. The van der Waals surface area contributed by atoms with Crippen molar-refractivity contribution in [1.82, 2.24) is 24.5 Å². The third-order valence-electron chi connectivity index (χ3n) is 3.71. The molecule has 0 bridgehead atoms. The number of rotatable bonds is 5. The van der Waals surface area contributed by atoms with Crippen LogP contribution in [0.5, 0.6) is 5.75 Å². The van der Waals surface area contributed by atoms with E-state index >= 15 is 0 Å². The van der Waals surface area contributed by atoms with Gasteiger partial charge in [0.15, 0.2) is 17.7 Å². The van der Waals surface area contributed by atoms with Gasteiger partial charge in [0, 0.05) is 6.42 Å². The van der Waals surface area contributed by atoms with Crippen LogP contribution in [0.2, 0.25) is 0 Å². The van der Waals surface area contributed by atoms with Crippen molar-refractivity contribution in [3.05, 3.63) is 54.7 Å². The van der Waals surface area contributed by atoms with E-state index in [-0.39, 0.29) is 6.04 Å². The zero-order chi connectivity index (χ0) is 16.4. The van der Waals surface area contributed by atoms with Gasteiger partial charge in [0.25, 0.3) is 5.95 Å². The molecule has 3 rings (SSSR count). The standard InChI is InChI=1S/C16H18FN5O/c1-4-6-11(7-5-2)14-8-13(17)15-19-16(20-22(14)15)21-10-12(23-3)9-18-21/h4-7,9-10,13-14H,1,8H2,2-3H3/b7-5-,11-6+. The largest absolute Gasteiger partial charge is 0.493 e. The molecule has 0 amide bonds. The number of halogens is 1. The first-order valence-corrected chi connectivity index (χ1v) is 7.32. The second kappa shape index (κ2) is 6.20. The van der Waals surface area contributed by atoms with Crippen molar-refractivity contribution in [3.8, 4) is 11.7 Å². The summed E-state index contributed by atoms with van der Waals surface area (Å²) in [4.78, 5) is 4.29. The Morgan fingerprint density at radius 1 is 1.52 bits per heavy atom. The first-order chi connectivity index (χ1) is 11.2. The molecule has 2 aromatic rings. The third kappa shape index (κ3) is 2.69. The lowest BCUT2D eigenvalue weighted by Gasteiger charge is -2.12. The van der Waals surface area contributed by atoms with Crippen molar-refractivity contribution in [2.75, 3.05) is 7.11 Å². The fourth-order valence-corrected chi connectivity index (χ4v) is 2.67. The van der Waals surface area contributed by atoms with Gasteiger partial charge >= 0.3 is 0 Å². The molecule has 1 aliphatic rings. The molecule has 0 saturated heterocycles. The van der Waals surface area contributed by atoms with Gasteiger partial charge in [-0.3, -0.25) is 0 Å². The van der Waals surface area contributed by atoms with Crippen molar-refractivity contribution < 1.29 is 9.13 Å². The van der Waals surface area contributed by atoms with Gasteiger partial charge in [0.2, 0.25) is 0 Å². The van der Waals surface area contributed by atoms with E-state index in [0.717, 1.165) is 5.57 Å². The summed E-state index contributed by atoms with van der Waals surface area (Å²) in [5.41, 5.74) is 0.943. The molecule has 0 aromatic carbocycles. The molecular weight excluding hydrogens is 297 g/mol. The molecule has 23 heavy (non-hydrogen) atoms. The number of allylic oxidation sites excluding steroid dienone is 5. The lowest BCUT2D eigenvalue weighted by Crippen LogP contribution is -2.09. The monoisotopic (exact) mass is 315 g/mol. The second-order valence-corrected chi connectivity index (χ2v) is 5.16. The molecule has 6 nitrogen and oxygen atoms in total. The highest BCUT2D eigenvalue weighted by Crippen LogP contribution is 2.40. The zero-order valence-corrected chi connectivity index (χ0v) is 13.1. The summed E-state index contributed by atoms with van der Waals surface area (Å²) >= 11 is 0. The number of aromatic nitrogens is 5. The number of hydrogen-bond acceptors (Lipinski definition) is 4. The van der Waals surface area contributed by atoms with Gasteiger partial charge in [-0.25, -0.2) is 13.8 Å². The van der Waals surface area contributed by atoms with Crippen LogP contribution in [0.1, 0.15) is 31.4 Å².